The number of hydrogen-bond acceptors (Lipinski definition) is 2. The molecule has 0 aliphatic heterocycles. The Hall–Kier alpha value is -2.34. The molecular formula is C14H12FNO. The molecule has 0 spiro atoms. The number of nitriles is 1. The average molecular weight is 229 g/mol. The third-order valence-corrected chi connectivity index (χ3v) is 1.94. The fraction of sp³-hybridized carbons (Fsp3) is 0.0714. The van der Waals surface area contributed by atoms with Gasteiger partial charge in [-0.15, -0.1) is 0 Å². The molecule has 86 valence electrons. The smallest absolute Gasteiger partial charge is 0.128 e. The zero-order valence-electron chi connectivity index (χ0n) is 9.43. The quantitative estimate of drug-likeness (QED) is 0.781. The van der Waals surface area contributed by atoms with Crippen molar-refractivity contribution in [2.45, 2.75) is 0 Å². The second kappa shape index (κ2) is 7.02. The summed E-state index contributed by atoms with van der Waals surface area (Å²) in [6.07, 6.45) is 0. The molecule has 0 N–H and O–H groups in total. The first-order valence-corrected chi connectivity index (χ1v) is 4.99. The van der Waals surface area contributed by atoms with Gasteiger partial charge in [0.1, 0.15) is 11.5 Å². The van der Waals surface area contributed by atoms with Crippen molar-refractivity contribution in [2.75, 3.05) is 7.18 Å². The van der Waals surface area contributed by atoms with Gasteiger partial charge in [0, 0.05) is 0 Å². The highest BCUT2D eigenvalue weighted by Gasteiger charge is 1.97. The second-order valence-corrected chi connectivity index (χ2v) is 3.05. The summed E-state index contributed by atoms with van der Waals surface area (Å²) in [6.45, 7) is 0. The van der Waals surface area contributed by atoms with Crippen LogP contribution < -0.4 is 4.74 Å². The minimum absolute atomic E-state index is 0.500. The number of nitrogens with zero attached hydrogens (tertiary/aromatic N) is 1. The van der Waals surface area contributed by atoms with E-state index in [1.54, 1.807) is 18.2 Å². The molecule has 0 aromatic heterocycles. The summed E-state index contributed by atoms with van der Waals surface area (Å²) in [4.78, 5) is 0. The number of halogens is 1. The predicted octanol–water partition coefficient (Wildman–Crippen LogP) is 3.94. The first-order chi connectivity index (χ1) is 8.38. The summed E-state index contributed by atoms with van der Waals surface area (Å²) in [5, 5.41) is 8.72. The number of ether oxygens (including phenoxy) is 1. The Bertz CT molecular complexity index is 491. The Morgan fingerprint density at radius 1 is 0.941 bits per heavy atom. The minimum atomic E-state index is 0.500. The molecule has 0 radical (unpaired) electrons. The minimum Gasteiger partial charge on any atom is -0.457 e. The van der Waals surface area contributed by atoms with E-state index in [9.17, 15) is 4.39 Å². The van der Waals surface area contributed by atoms with Gasteiger partial charge < -0.3 is 4.74 Å². The molecule has 17 heavy (non-hydrogen) atoms. The first kappa shape index (κ1) is 12.7. The molecule has 2 aromatic carbocycles. The maximum Gasteiger partial charge on any atom is 0.128 e. The van der Waals surface area contributed by atoms with Crippen LogP contribution in [0.2, 0.25) is 0 Å². The summed E-state index contributed by atoms with van der Waals surface area (Å²) in [7, 11) is 0.500. The molecular weight excluding hydrogens is 217 g/mol. The Balaban J connectivity index is 0.000000686. The summed E-state index contributed by atoms with van der Waals surface area (Å²) >= 11 is 0. The van der Waals surface area contributed by atoms with Gasteiger partial charge in [-0.25, -0.2) is 0 Å². The van der Waals surface area contributed by atoms with Gasteiger partial charge in [0.15, 0.2) is 0 Å². The van der Waals surface area contributed by atoms with Crippen molar-refractivity contribution in [3.63, 3.8) is 0 Å². The predicted molar refractivity (Wildman–Crippen MR) is 64.7 cm³/mol. The van der Waals surface area contributed by atoms with Crippen molar-refractivity contribution >= 4 is 0 Å². The number of rotatable bonds is 2. The van der Waals surface area contributed by atoms with Crippen molar-refractivity contribution in [3.05, 3.63) is 60.2 Å². The van der Waals surface area contributed by atoms with Crippen molar-refractivity contribution in [1.29, 1.82) is 5.26 Å². The van der Waals surface area contributed by atoms with Crippen LogP contribution in [-0.2, 0) is 0 Å². The molecule has 3 heteroatoms. The standard InChI is InChI=1S/C13H9NO.CH3F/c14-10-11-5-4-8-13(9-11)15-12-6-2-1-3-7-12;1-2/h1-9H;1H3. The van der Waals surface area contributed by atoms with Crippen LogP contribution in [0, 0.1) is 11.3 Å². The van der Waals surface area contributed by atoms with Crippen LogP contribution in [0.1, 0.15) is 5.56 Å². The van der Waals surface area contributed by atoms with Gasteiger partial charge in [-0.05, 0) is 30.3 Å². The highest BCUT2D eigenvalue weighted by atomic mass is 19.1. The van der Waals surface area contributed by atoms with Gasteiger partial charge in [0.05, 0.1) is 18.8 Å². The Kier molecular flexibility index (Phi) is 5.26. The highest BCUT2D eigenvalue weighted by Crippen LogP contribution is 2.21. The molecule has 0 atom stereocenters. The Morgan fingerprint density at radius 2 is 1.59 bits per heavy atom. The Morgan fingerprint density at radius 3 is 2.24 bits per heavy atom. The van der Waals surface area contributed by atoms with E-state index in [-0.39, 0.29) is 0 Å². The lowest BCUT2D eigenvalue weighted by Gasteiger charge is -2.04. The van der Waals surface area contributed by atoms with Crippen LogP contribution in [0.3, 0.4) is 0 Å². The molecule has 2 rings (SSSR count). The molecule has 0 saturated carbocycles. The monoisotopic (exact) mass is 229 g/mol. The van der Waals surface area contributed by atoms with Crippen LogP contribution in [-0.4, -0.2) is 7.18 Å². The topological polar surface area (TPSA) is 33.0 Å². The third kappa shape index (κ3) is 3.96. The lowest BCUT2D eigenvalue weighted by molar-refractivity contribution is 0.482. The molecule has 0 unspecified atom stereocenters. The fourth-order valence-corrected chi connectivity index (χ4v) is 1.25. The third-order valence-electron chi connectivity index (χ3n) is 1.94. The van der Waals surface area contributed by atoms with E-state index in [0.29, 0.717) is 18.5 Å². The summed E-state index contributed by atoms with van der Waals surface area (Å²) in [5.41, 5.74) is 0.600. The fourth-order valence-electron chi connectivity index (χ4n) is 1.25. The maximum absolute atomic E-state index is 9.50. The van der Waals surface area contributed by atoms with Gasteiger partial charge >= 0.3 is 0 Å². The molecule has 0 aliphatic rings. The van der Waals surface area contributed by atoms with E-state index < -0.39 is 0 Å². The van der Waals surface area contributed by atoms with Gasteiger partial charge in [-0.2, -0.15) is 5.26 Å². The normalized spacial score (nSPS) is 8.53. The number of hydrogen-bond donors (Lipinski definition) is 0. The lowest BCUT2D eigenvalue weighted by Crippen LogP contribution is -1.84. The average Bonchev–Trinajstić information content (AvgIpc) is 2.42. The maximum atomic E-state index is 9.50. The van der Waals surface area contributed by atoms with Gasteiger partial charge in [-0.1, -0.05) is 24.3 Å². The summed E-state index contributed by atoms with van der Waals surface area (Å²) < 4.78 is 15.1. The van der Waals surface area contributed by atoms with Gasteiger partial charge in [0.2, 0.25) is 0 Å². The molecule has 0 saturated heterocycles. The van der Waals surface area contributed by atoms with Crippen LogP contribution >= 0.6 is 0 Å². The summed E-state index contributed by atoms with van der Waals surface area (Å²) in [6, 6.07) is 18.7. The molecule has 0 bridgehead atoms. The molecule has 0 heterocycles. The van der Waals surface area contributed by atoms with Crippen molar-refractivity contribution in [1.82, 2.24) is 0 Å². The van der Waals surface area contributed by atoms with E-state index in [4.69, 9.17) is 10.00 Å². The molecule has 0 amide bonds. The van der Waals surface area contributed by atoms with E-state index in [1.165, 1.54) is 0 Å². The van der Waals surface area contributed by atoms with Crippen LogP contribution in [0.15, 0.2) is 54.6 Å². The number of alkyl halides is 1. The summed E-state index contributed by atoms with van der Waals surface area (Å²) in [5.74, 6) is 1.45. The van der Waals surface area contributed by atoms with Gasteiger partial charge in [-0.3, -0.25) is 4.39 Å². The van der Waals surface area contributed by atoms with E-state index in [2.05, 4.69) is 6.07 Å². The first-order valence-electron chi connectivity index (χ1n) is 4.99. The van der Waals surface area contributed by atoms with Crippen molar-refractivity contribution in [2.24, 2.45) is 0 Å². The van der Waals surface area contributed by atoms with Crippen molar-refractivity contribution in [3.8, 4) is 17.6 Å². The number of benzene rings is 2. The zero-order valence-corrected chi connectivity index (χ0v) is 9.43. The molecule has 2 aromatic rings. The van der Waals surface area contributed by atoms with E-state index >= 15 is 0 Å². The van der Waals surface area contributed by atoms with Crippen LogP contribution in [0.4, 0.5) is 4.39 Å². The van der Waals surface area contributed by atoms with Gasteiger partial charge in [0.25, 0.3) is 0 Å². The number of para-hydroxylation sites is 1. The van der Waals surface area contributed by atoms with Crippen LogP contribution in [0.5, 0.6) is 11.5 Å². The lowest BCUT2D eigenvalue weighted by atomic mass is 10.2. The Labute approximate surface area is 99.9 Å². The van der Waals surface area contributed by atoms with E-state index in [0.717, 1.165) is 5.75 Å². The van der Waals surface area contributed by atoms with Crippen molar-refractivity contribution < 1.29 is 9.13 Å². The molecule has 0 fully saturated rings. The zero-order chi connectivity index (χ0) is 12.5. The van der Waals surface area contributed by atoms with Crippen LogP contribution in [0.25, 0.3) is 0 Å². The second-order valence-electron chi connectivity index (χ2n) is 3.05. The largest absolute Gasteiger partial charge is 0.457 e. The highest BCUT2D eigenvalue weighted by molar-refractivity contribution is 5.38. The molecule has 2 nitrogen and oxygen atoms in total. The van der Waals surface area contributed by atoms with E-state index in [1.807, 2.05) is 36.4 Å². The molecule has 0 aliphatic carbocycles. The SMILES string of the molecule is CF.N#Cc1cccc(Oc2ccccc2)c1.